The van der Waals surface area contributed by atoms with Crippen LogP contribution in [0.15, 0.2) is 27.7 Å². The molecule has 1 aromatic rings. The van der Waals surface area contributed by atoms with Gasteiger partial charge in [0.05, 0.1) is 17.2 Å². The van der Waals surface area contributed by atoms with Crippen molar-refractivity contribution >= 4 is 21.8 Å². The molecule has 1 heterocycles. The van der Waals surface area contributed by atoms with E-state index in [4.69, 9.17) is 4.74 Å². The van der Waals surface area contributed by atoms with Crippen LogP contribution >= 0.6 is 15.9 Å². The molecule has 0 aromatic heterocycles. The third-order valence-corrected chi connectivity index (χ3v) is 3.63. The summed E-state index contributed by atoms with van der Waals surface area (Å²) in [6, 6.07) is 3.52. The molecule has 2 nitrogen and oxygen atoms in total. The summed E-state index contributed by atoms with van der Waals surface area (Å²) in [4.78, 5) is 4.39. The van der Waals surface area contributed by atoms with Gasteiger partial charge in [-0.25, -0.2) is 4.99 Å². The molecule has 0 saturated heterocycles. The van der Waals surface area contributed by atoms with Crippen molar-refractivity contribution < 1.29 is 17.9 Å². The standard InChI is InChI=1S/C13H13BrF3NO/c1-7(2)11-6-19-12(18-11)9-4-3-8(5-10(9)14)13(15,16)17/h3-5,7,11H,6H2,1-2H3/t11-/m0/s1. The number of alkyl halides is 3. The van der Waals surface area contributed by atoms with E-state index in [1.807, 2.05) is 13.8 Å². The minimum Gasteiger partial charge on any atom is -0.475 e. The van der Waals surface area contributed by atoms with E-state index >= 15 is 0 Å². The molecule has 0 N–H and O–H groups in total. The van der Waals surface area contributed by atoms with Gasteiger partial charge in [-0.2, -0.15) is 13.2 Å². The van der Waals surface area contributed by atoms with E-state index in [0.717, 1.165) is 12.1 Å². The number of nitrogens with zero attached hydrogens (tertiary/aromatic N) is 1. The predicted octanol–water partition coefficient (Wildman–Crippen LogP) is 4.27. The SMILES string of the molecule is CC(C)[C@@H]1COC(c2ccc(C(F)(F)F)cc2Br)=N1. The second-order valence-corrected chi connectivity index (χ2v) is 5.60. The topological polar surface area (TPSA) is 21.6 Å². The predicted molar refractivity (Wildman–Crippen MR) is 70.3 cm³/mol. The molecule has 19 heavy (non-hydrogen) atoms. The molecule has 1 aliphatic rings. The Bertz CT molecular complexity index is 511. The summed E-state index contributed by atoms with van der Waals surface area (Å²) in [7, 11) is 0. The highest BCUT2D eigenvalue weighted by Gasteiger charge is 2.32. The van der Waals surface area contributed by atoms with Crippen molar-refractivity contribution in [2.45, 2.75) is 26.1 Å². The zero-order valence-corrected chi connectivity index (χ0v) is 12.0. The first-order valence-electron chi connectivity index (χ1n) is 5.86. The number of hydrogen-bond acceptors (Lipinski definition) is 2. The maximum Gasteiger partial charge on any atom is 0.416 e. The van der Waals surface area contributed by atoms with Crippen molar-refractivity contribution in [1.82, 2.24) is 0 Å². The zero-order valence-electron chi connectivity index (χ0n) is 10.5. The Morgan fingerprint density at radius 1 is 1.37 bits per heavy atom. The van der Waals surface area contributed by atoms with Crippen molar-refractivity contribution in [2.24, 2.45) is 10.9 Å². The largest absolute Gasteiger partial charge is 0.475 e. The molecule has 1 atom stereocenters. The molecule has 2 rings (SSSR count). The van der Waals surface area contributed by atoms with E-state index in [9.17, 15) is 13.2 Å². The Morgan fingerprint density at radius 2 is 2.05 bits per heavy atom. The number of halogens is 4. The molecule has 0 saturated carbocycles. The second-order valence-electron chi connectivity index (χ2n) is 4.75. The Labute approximate surface area is 117 Å². The Hall–Kier alpha value is -1.04. The molecule has 1 aromatic carbocycles. The third kappa shape index (κ3) is 3.11. The van der Waals surface area contributed by atoms with Gasteiger partial charge < -0.3 is 4.74 Å². The molecular formula is C13H13BrF3NO. The summed E-state index contributed by atoms with van der Waals surface area (Å²) in [5, 5.41) is 0. The van der Waals surface area contributed by atoms with Gasteiger partial charge in [0, 0.05) is 4.47 Å². The van der Waals surface area contributed by atoms with E-state index in [2.05, 4.69) is 20.9 Å². The molecule has 0 aliphatic carbocycles. The monoisotopic (exact) mass is 335 g/mol. The summed E-state index contributed by atoms with van der Waals surface area (Å²) < 4.78 is 43.5. The van der Waals surface area contributed by atoms with Gasteiger partial charge in [0.25, 0.3) is 0 Å². The normalized spacial score (nSPS) is 19.5. The van der Waals surface area contributed by atoms with E-state index in [1.54, 1.807) is 0 Å². The fourth-order valence-electron chi connectivity index (χ4n) is 1.74. The first-order valence-corrected chi connectivity index (χ1v) is 6.66. The van der Waals surface area contributed by atoms with Gasteiger partial charge in [-0.3, -0.25) is 0 Å². The highest BCUT2D eigenvalue weighted by atomic mass is 79.9. The lowest BCUT2D eigenvalue weighted by Crippen LogP contribution is -2.13. The summed E-state index contributed by atoms with van der Waals surface area (Å²) in [5.41, 5.74) is -0.140. The molecule has 0 radical (unpaired) electrons. The van der Waals surface area contributed by atoms with Crippen LogP contribution in [-0.4, -0.2) is 18.5 Å². The molecule has 0 bridgehead atoms. The smallest absolute Gasteiger partial charge is 0.416 e. The van der Waals surface area contributed by atoms with Gasteiger partial charge in [-0.15, -0.1) is 0 Å². The van der Waals surface area contributed by atoms with E-state index < -0.39 is 11.7 Å². The van der Waals surface area contributed by atoms with E-state index in [1.165, 1.54) is 6.07 Å². The van der Waals surface area contributed by atoms with Crippen LogP contribution in [0.25, 0.3) is 0 Å². The van der Waals surface area contributed by atoms with Crippen molar-refractivity contribution in [2.75, 3.05) is 6.61 Å². The maximum absolute atomic E-state index is 12.6. The number of benzene rings is 1. The minimum atomic E-state index is -4.35. The molecule has 0 spiro atoms. The summed E-state index contributed by atoms with van der Waals surface area (Å²) in [6.45, 7) is 4.53. The highest BCUT2D eigenvalue weighted by Crippen LogP contribution is 2.33. The number of rotatable bonds is 2. The van der Waals surface area contributed by atoms with Gasteiger partial charge in [0.2, 0.25) is 5.90 Å². The molecule has 1 aliphatic heterocycles. The van der Waals surface area contributed by atoms with Crippen molar-refractivity contribution in [3.05, 3.63) is 33.8 Å². The van der Waals surface area contributed by atoms with Crippen LogP contribution in [0.5, 0.6) is 0 Å². The van der Waals surface area contributed by atoms with Crippen LogP contribution in [0.2, 0.25) is 0 Å². The van der Waals surface area contributed by atoms with Gasteiger partial charge in [-0.1, -0.05) is 13.8 Å². The zero-order chi connectivity index (χ0) is 14.2. The van der Waals surface area contributed by atoms with Crippen LogP contribution in [0, 0.1) is 5.92 Å². The number of ether oxygens (including phenoxy) is 1. The van der Waals surface area contributed by atoms with Gasteiger partial charge in [0.1, 0.15) is 6.61 Å². The minimum absolute atomic E-state index is 0.0594. The average Bonchev–Trinajstić information content (AvgIpc) is 2.76. The van der Waals surface area contributed by atoms with E-state index in [0.29, 0.717) is 28.5 Å². The molecule has 0 fully saturated rings. The summed E-state index contributed by atoms with van der Waals surface area (Å²) in [5.74, 6) is 0.741. The lowest BCUT2D eigenvalue weighted by Gasteiger charge is -2.09. The highest BCUT2D eigenvalue weighted by molar-refractivity contribution is 9.10. The molecule has 0 amide bonds. The van der Waals surface area contributed by atoms with E-state index in [-0.39, 0.29) is 6.04 Å². The Balaban J connectivity index is 2.30. The van der Waals surface area contributed by atoms with Crippen molar-refractivity contribution in [3.8, 4) is 0 Å². The second kappa shape index (κ2) is 5.15. The van der Waals surface area contributed by atoms with Crippen LogP contribution < -0.4 is 0 Å². The fraction of sp³-hybridized carbons (Fsp3) is 0.462. The molecular weight excluding hydrogens is 323 g/mol. The third-order valence-electron chi connectivity index (χ3n) is 2.97. The van der Waals surface area contributed by atoms with Crippen molar-refractivity contribution in [1.29, 1.82) is 0 Å². The first-order chi connectivity index (χ1) is 8.79. The average molecular weight is 336 g/mol. The van der Waals surface area contributed by atoms with Gasteiger partial charge in [0.15, 0.2) is 0 Å². The molecule has 104 valence electrons. The lowest BCUT2D eigenvalue weighted by atomic mass is 10.1. The summed E-state index contributed by atoms with van der Waals surface area (Å²) in [6.07, 6.45) is -4.35. The van der Waals surface area contributed by atoms with Crippen LogP contribution in [0.1, 0.15) is 25.0 Å². The maximum atomic E-state index is 12.6. The van der Waals surface area contributed by atoms with Crippen LogP contribution in [-0.2, 0) is 10.9 Å². The summed E-state index contributed by atoms with van der Waals surface area (Å²) >= 11 is 3.15. The fourth-order valence-corrected chi connectivity index (χ4v) is 2.29. The first kappa shape index (κ1) is 14.4. The number of hydrogen-bond donors (Lipinski definition) is 0. The molecule has 6 heteroatoms. The van der Waals surface area contributed by atoms with Gasteiger partial charge in [-0.05, 0) is 40.0 Å². The Kier molecular flexibility index (Phi) is 3.90. The van der Waals surface area contributed by atoms with Gasteiger partial charge >= 0.3 is 6.18 Å². The number of aliphatic imine (C=N–C) groups is 1. The molecule has 0 unspecified atom stereocenters. The lowest BCUT2D eigenvalue weighted by molar-refractivity contribution is -0.137. The van der Waals surface area contributed by atoms with Crippen molar-refractivity contribution in [3.63, 3.8) is 0 Å². The Morgan fingerprint density at radius 3 is 2.53 bits per heavy atom. The van der Waals surface area contributed by atoms with Crippen LogP contribution in [0.4, 0.5) is 13.2 Å². The van der Waals surface area contributed by atoms with Crippen LogP contribution in [0.3, 0.4) is 0 Å². The quantitative estimate of drug-likeness (QED) is 0.790.